The predicted molar refractivity (Wildman–Crippen MR) is 128 cm³/mol. The topological polar surface area (TPSA) is 131 Å². The average Bonchev–Trinajstić information content (AvgIpc) is 3.22. The van der Waals surface area contributed by atoms with E-state index in [2.05, 4.69) is 44.4 Å². The number of nitrogens with zero attached hydrogens (tertiary/aromatic N) is 5. The number of nitrogens with one attached hydrogen (secondary N) is 1. The molecule has 1 aliphatic heterocycles. The summed E-state index contributed by atoms with van der Waals surface area (Å²) in [6.07, 6.45) is 2.63. The van der Waals surface area contributed by atoms with Crippen molar-refractivity contribution < 1.29 is 14.7 Å². The van der Waals surface area contributed by atoms with Crippen LogP contribution < -0.4 is 5.32 Å². The first-order valence-electron chi connectivity index (χ1n) is 11.5. The third kappa shape index (κ3) is 5.09. The summed E-state index contributed by atoms with van der Waals surface area (Å²) in [5, 5.41) is 35.8. The van der Waals surface area contributed by atoms with Gasteiger partial charge in [-0.3, -0.25) is 0 Å². The van der Waals surface area contributed by atoms with Crippen LogP contribution in [0.4, 0.5) is 5.82 Å². The highest BCUT2D eigenvalue weighted by Gasteiger charge is 2.21. The maximum absolute atomic E-state index is 9.80. The van der Waals surface area contributed by atoms with E-state index in [1.54, 1.807) is 12.3 Å². The largest absolute Gasteiger partial charge is 0.394 e. The Kier molecular flexibility index (Phi) is 7.22. The summed E-state index contributed by atoms with van der Waals surface area (Å²) in [4.78, 5) is 11.1. The van der Waals surface area contributed by atoms with Crippen LogP contribution in [0, 0.1) is 18.3 Å². The molecule has 178 valence electrons. The Morgan fingerprint density at radius 3 is 2.79 bits per heavy atom. The van der Waals surface area contributed by atoms with Gasteiger partial charge in [-0.05, 0) is 56.4 Å². The number of hydrogen-bond donors (Lipinski definition) is 3. The molecular formula is C25H30N6O3. The van der Waals surface area contributed by atoms with Gasteiger partial charge < -0.3 is 25.0 Å². The van der Waals surface area contributed by atoms with Gasteiger partial charge in [-0.1, -0.05) is 17.3 Å². The second-order valence-corrected chi connectivity index (χ2v) is 8.97. The van der Waals surface area contributed by atoms with Gasteiger partial charge in [-0.15, -0.1) is 0 Å². The van der Waals surface area contributed by atoms with Crippen molar-refractivity contribution in [3.63, 3.8) is 0 Å². The Morgan fingerprint density at radius 1 is 1.26 bits per heavy atom. The molecule has 9 heteroatoms. The Hall–Kier alpha value is -3.32. The molecule has 3 N–H and O–H groups in total. The normalized spacial score (nSPS) is 15.0. The van der Waals surface area contributed by atoms with Gasteiger partial charge in [0.25, 0.3) is 5.89 Å². The highest BCUT2D eigenvalue weighted by Crippen LogP contribution is 2.30. The number of benzene rings is 1. The van der Waals surface area contributed by atoms with Gasteiger partial charge in [-0.25, -0.2) is 4.98 Å². The second kappa shape index (κ2) is 10.3. The van der Waals surface area contributed by atoms with E-state index in [0.29, 0.717) is 35.2 Å². The zero-order valence-electron chi connectivity index (χ0n) is 19.7. The number of hydrogen-bond acceptors (Lipinski definition) is 9. The van der Waals surface area contributed by atoms with Crippen LogP contribution in [-0.4, -0.2) is 68.6 Å². The lowest BCUT2D eigenvalue weighted by molar-refractivity contribution is 0.0604. The molecule has 0 spiro atoms. The molecule has 1 atom stereocenters. The minimum absolute atomic E-state index is 0.156. The summed E-state index contributed by atoms with van der Waals surface area (Å²) in [6, 6.07) is 8.16. The molecule has 0 radical (unpaired) electrons. The van der Waals surface area contributed by atoms with Crippen molar-refractivity contribution in [3.8, 4) is 28.9 Å². The van der Waals surface area contributed by atoms with E-state index in [4.69, 9.17) is 9.63 Å². The Balaban J connectivity index is 1.58. The molecule has 0 saturated heterocycles. The number of pyridine rings is 1. The number of aliphatic hydroxyl groups excluding tert-OH is 2. The molecule has 0 saturated carbocycles. The number of aliphatic hydroxyl groups is 2. The third-order valence-electron chi connectivity index (χ3n) is 6.10. The number of β-amino-alcohol motifs (C(OH)–C–C–N with tert-alkyl or cyclic N) is 1. The van der Waals surface area contributed by atoms with Crippen molar-refractivity contribution in [2.75, 3.05) is 31.6 Å². The van der Waals surface area contributed by atoms with Crippen molar-refractivity contribution in [2.24, 2.45) is 0 Å². The molecule has 3 heterocycles. The highest BCUT2D eigenvalue weighted by molar-refractivity contribution is 5.67. The summed E-state index contributed by atoms with van der Waals surface area (Å²) in [7, 11) is 0. The van der Waals surface area contributed by atoms with Gasteiger partial charge in [0.15, 0.2) is 0 Å². The van der Waals surface area contributed by atoms with E-state index in [1.807, 2.05) is 19.9 Å². The van der Waals surface area contributed by atoms with Crippen molar-refractivity contribution >= 4 is 5.82 Å². The van der Waals surface area contributed by atoms with E-state index < -0.39 is 6.10 Å². The monoisotopic (exact) mass is 462 g/mol. The summed E-state index contributed by atoms with van der Waals surface area (Å²) in [6.45, 7) is 7.93. The smallest absolute Gasteiger partial charge is 0.259 e. The number of fused-ring (bicyclic) bond motifs is 1. The molecule has 0 amide bonds. The maximum Gasteiger partial charge on any atom is 0.259 e. The average molecular weight is 463 g/mol. The van der Waals surface area contributed by atoms with E-state index in [0.717, 1.165) is 37.1 Å². The third-order valence-corrected chi connectivity index (χ3v) is 6.10. The minimum atomic E-state index is -0.720. The summed E-state index contributed by atoms with van der Waals surface area (Å²) in [5.41, 5.74) is 5.58. The lowest BCUT2D eigenvalue weighted by Crippen LogP contribution is -2.36. The van der Waals surface area contributed by atoms with Crippen LogP contribution in [0.15, 0.2) is 28.9 Å². The van der Waals surface area contributed by atoms with Gasteiger partial charge in [0.2, 0.25) is 5.82 Å². The van der Waals surface area contributed by atoms with E-state index in [1.165, 1.54) is 11.1 Å². The Morgan fingerprint density at radius 2 is 2.06 bits per heavy atom. The predicted octanol–water partition coefficient (Wildman–Crippen LogP) is 2.55. The molecule has 1 aliphatic rings. The SMILES string of the molecule is Cc1c(-c2noc(-c3cnc(NC(C)C)c(C#N)c3)n2)ccc2c1CCN(C[C@@H](O)CO)CC2. The van der Waals surface area contributed by atoms with Gasteiger partial charge >= 0.3 is 0 Å². The van der Waals surface area contributed by atoms with Crippen molar-refractivity contribution in [3.05, 3.63) is 46.6 Å². The fraction of sp³-hybridized carbons (Fsp3) is 0.440. The molecule has 0 bridgehead atoms. The van der Waals surface area contributed by atoms with Crippen LogP contribution in [0.25, 0.3) is 22.8 Å². The van der Waals surface area contributed by atoms with Crippen LogP contribution in [0.1, 0.15) is 36.1 Å². The lowest BCUT2D eigenvalue weighted by Gasteiger charge is -2.21. The van der Waals surface area contributed by atoms with E-state index in [9.17, 15) is 10.4 Å². The summed E-state index contributed by atoms with van der Waals surface area (Å²) < 4.78 is 5.53. The maximum atomic E-state index is 9.80. The Labute approximate surface area is 199 Å². The molecule has 3 aromatic rings. The highest BCUT2D eigenvalue weighted by atomic mass is 16.5. The Bertz CT molecular complexity index is 1200. The second-order valence-electron chi connectivity index (χ2n) is 8.97. The van der Waals surface area contributed by atoms with Crippen molar-refractivity contribution in [1.82, 2.24) is 20.0 Å². The molecule has 34 heavy (non-hydrogen) atoms. The quantitative estimate of drug-likeness (QED) is 0.485. The number of rotatable bonds is 7. The fourth-order valence-corrected chi connectivity index (χ4v) is 4.34. The first-order chi connectivity index (χ1) is 16.4. The molecule has 0 unspecified atom stereocenters. The summed E-state index contributed by atoms with van der Waals surface area (Å²) >= 11 is 0. The van der Waals surface area contributed by atoms with Crippen LogP contribution in [-0.2, 0) is 12.8 Å². The molecule has 0 aliphatic carbocycles. The van der Waals surface area contributed by atoms with Gasteiger partial charge in [0, 0.05) is 37.4 Å². The van der Waals surface area contributed by atoms with Crippen LogP contribution in [0.5, 0.6) is 0 Å². The number of anilines is 1. The van der Waals surface area contributed by atoms with Crippen LogP contribution >= 0.6 is 0 Å². The molecule has 4 rings (SSSR count). The fourth-order valence-electron chi connectivity index (χ4n) is 4.34. The molecular weight excluding hydrogens is 432 g/mol. The van der Waals surface area contributed by atoms with Gasteiger partial charge in [0.05, 0.1) is 23.8 Å². The van der Waals surface area contributed by atoms with Crippen LogP contribution in [0.3, 0.4) is 0 Å². The van der Waals surface area contributed by atoms with Gasteiger partial charge in [0.1, 0.15) is 11.9 Å². The summed E-state index contributed by atoms with van der Waals surface area (Å²) in [5.74, 6) is 1.34. The molecule has 0 fully saturated rings. The van der Waals surface area contributed by atoms with Gasteiger partial charge in [-0.2, -0.15) is 10.2 Å². The minimum Gasteiger partial charge on any atom is -0.394 e. The van der Waals surface area contributed by atoms with E-state index >= 15 is 0 Å². The zero-order chi connectivity index (χ0) is 24.2. The molecule has 1 aromatic carbocycles. The molecule has 9 nitrogen and oxygen atoms in total. The van der Waals surface area contributed by atoms with Crippen molar-refractivity contribution in [2.45, 2.75) is 45.8 Å². The first kappa shape index (κ1) is 23.8. The first-order valence-corrected chi connectivity index (χ1v) is 11.5. The molecule has 2 aromatic heterocycles. The van der Waals surface area contributed by atoms with E-state index in [-0.39, 0.29) is 12.6 Å². The van der Waals surface area contributed by atoms with Crippen molar-refractivity contribution in [1.29, 1.82) is 5.26 Å². The number of aromatic nitrogens is 3. The number of nitriles is 1. The zero-order valence-corrected chi connectivity index (χ0v) is 19.7. The standard InChI is InChI=1S/C25H30N6O3/c1-15(2)28-23-18(11-26)10-19(12-27-23)25-29-24(30-34-25)22-5-4-17-6-8-31(13-20(33)14-32)9-7-21(17)16(22)3/h4-5,10,12,15,20,32-33H,6-9,13-14H2,1-3H3,(H,27,28)/t20-/m1/s1. The van der Waals surface area contributed by atoms with Crippen LogP contribution in [0.2, 0.25) is 0 Å². The lowest BCUT2D eigenvalue weighted by atomic mass is 9.93.